The number of allylic oxidation sites excluding steroid dienone is 2. The molecule has 1 atom stereocenters. The van der Waals surface area contributed by atoms with Gasteiger partial charge < -0.3 is 0 Å². The normalized spacial score (nSPS) is 17.2. The maximum atomic E-state index is 4.78. The van der Waals surface area contributed by atoms with E-state index >= 15 is 0 Å². The number of rotatable bonds is 4. The van der Waals surface area contributed by atoms with Crippen molar-refractivity contribution in [2.75, 3.05) is 0 Å². The fourth-order valence-corrected chi connectivity index (χ4v) is 3.38. The Morgan fingerprint density at radius 2 is 1.96 bits per heavy atom. The van der Waals surface area contributed by atoms with Crippen molar-refractivity contribution < 1.29 is 0 Å². The van der Waals surface area contributed by atoms with Gasteiger partial charge in [-0.25, -0.2) is 0 Å². The number of benzene rings is 1. The molecule has 1 aromatic heterocycles. The van der Waals surface area contributed by atoms with Gasteiger partial charge in [0.1, 0.15) is 0 Å². The molecule has 1 unspecified atom stereocenters. The molecule has 0 saturated heterocycles. The first-order chi connectivity index (χ1) is 11.6. The van der Waals surface area contributed by atoms with E-state index in [-0.39, 0.29) is 0 Å². The van der Waals surface area contributed by atoms with Crippen molar-refractivity contribution in [2.45, 2.75) is 40.5 Å². The minimum absolute atomic E-state index is 0.504. The molecular formula is C23H27N. The third-order valence-corrected chi connectivity index (χ3v) is 4.87. The highest BCUT2D eigenvalue weighted by atomic mass is 14.7. The molecule has 24 heavy (non-hydrogen) atoms. The lowest BCUT2D eigenvalue weighted by Crippen LogP contribution is -2.33. The third-order valence-electron chi connectivity index (χ3n) is 4.87. The van der Waals surface area contributed by atoms with Gasteiger partial charge in [0, 0.05) is 6.20 Å². The zero-order chi connectivity index (χ0) is 17.1. The van der Waals surface area contributed by atoms with Gasteiger partial charge in [-0.3, -0.25) is 4.98 Å². The molecule has 1 aliphatic carbocycles. The highest BCUT2D eigenvalue weighted by molar-refractivity contribution is 5.68. The molecule has 2 aromatic rings. The van der Waals surface area contributed by atoms with Gasteiger partial charge in [0.05, 0.1) is 5.69 Å². The van der Waals surface area contributed by atoms with E-state index in [1.165, 1.54) is 27.1 Å². The van der Waals surface area contributed by atoms with E-state index in [1.807, 2.05) is 6.20 Å². The van der Waals surface area contributed by atoms with Gasteiger partial charge in [0.2, 0.25) is 0 Å². The molecule has 0 fully saturated rings. The van der Waals surface area contributed by atoms with E-state index < -0.39 is 0 Å². The third kappa shape index (κ3) is 3.51. The monoisotopic (exact) mass is 317 g/mol. The van der Waals surface area contributed by atoms with Gasteiger partial charge in [0.15, 0.2) is 0 Å². The van der Waals surface area contributed by atoms with Crippen LogP contribution in [-0.4, -0.2) is 4.98 Å². The van der Waals surface area contributed by atoms with Gasteiger partial charge in [-0.15, -0.1) is 0 Å². The van der Waals surface area contributed by atoms with Crippen LogP contribution in [0.15, 0.2) is 48.7 Å². The number of hydrogen-bond donors (Lipinski definition) is 0. The minimum Gasteiger partial charge on any atom is -0.256 e. The van der Waals surface area contributed by atoms with E-state index in [1.54, 1.807) is 0 Å². The van der Waals surface area contributed by atoms with Crippen molar-refractivity contribution in [1.82, 2.24) is 4.98 Å². The van der Waals surface area contributed by atoms with Crippen molar-refractivity contribution in [3.05, 3.63) is 75.9 Å². The highest BCUT2D eigenvalue weighted by Crippen LogP contribution is 2.28. The van der Waals surface area contributed by atoms with Crippen molar-refractivity contribution in [3.8, 4) is 0 Å². The van der Waals surface area contributed by atoms with Crippen LogP contribution in [0.3, 0.4) is 0 Å². The summed E-state index contributed by atoms with van der Waals surface area (Å²) >= 11 is 0. The van der Waals surface area contributed by atoms with Gasteiger partial charge in [-0.05, 0) is 71.7 Å². The number of aromatic nitrogens is 1. The number of hydrogen-bond acceptors (Lipinski definition) is 1. The van der Waals surface area contributed by atoms with Crippen molar-refractivity contribution in [3.63, 3.8) is 0 Å². The molecule has 0 bridgehead atoms. The molecule has 1 aliphatic rings. The van der Waals surface area contributed by atoms with Crippen LogP contribution in [-0.2, 0) is 0 Å². The number of nitrogens with zero attached hydrogens (tertiary/aromatic N) is 1. The van der Waals surface area contributed by atoms with Crippen molar-refractivity contribution in [1.29, 1.82) is 0 Å². The topological polar surface area (TPSA) is 12.9 Å². The fraction of sp³-hybridized carbons (Fsp3) is 0.348. The summed E-state index contributed by atoms with van der Waals surface area (Å²) in [6.45, 7) is 8.76. The molecule has 1 heteroatoms. The first kappa shape index (κ1) is 16.7. The second-order valence-electron chi connectivity index (χ2n) is 7.20. The lowest BCUT2D eigenvalue weighted by molar-refractivity contribution is 0.691. The summed E-state index contributed by atoms with van der Waals surface area (Å²) in [6, 6.07) is 11.0. The summed E-state index contributed by atoms with van der Waals surface area (Å²) in [5.74, 6) is 1.11. The number of fused-ring (bicyclic) bond motifs is 1. The summed E-state index contributed by atoms with van der Waals surface area (Å²) in [5.41, 5.74) is 5.12. The summed E-state index contributed by atoms with van der Waals surface area (Å²) in [6.07, 6.45) is 11.2. The van der Waals surface area contributed by atoms with Crippen LogP contribution in [0.25, 0.3) is 11.6 Å². The van der Waals surface area contributed by atoms with Crippen LogP contribution in [0.1, 0.15) is 43.5 Å². The zero-order valence-electron chi connectivity index (χ0n) is 15.2. The Labute approximate surface area is 145 Å². The molecule has 124 valence electrons. The van der Waals surface area contributed by atoms with Gasteiger partial charge in [0.25, 0.3) is 0 Å². The van der Waals surface area contributed by atoms with E-state index in [0.29, 0.717) is 11.8 Å². The van der Waals surface area contributed by atoms with E-state index in [4.69, 9.17) is 4.98 Å². The highest BCUT2D eigenvalue weighted by Gasteiger charge is 2.19. The summed E-state index contributed by atoms with van der Waals surface area (Å²) in [7, 11) is 0. The first-order valence-electron chi connectivity index (χ1n) is 8.96. The molecular weight excluding hydrogens is 290 g/mol. The summed E-state index contributed by atoms with van der Waals surface area (Å²) in [4.78, 5) is 4.78. The molecule has 1 nitrogen and oxygen atoms in total. The van der Waals surface area contributed by atoms with Crippen LogP contribution < -0.4 is 10.4 Å². The van der Waals surface area contributed by atoms with Gasteiger partial charge in [-0.2, -0.15) is 0 Å². The van der Waals surface area contributed by atoms with Crippen LogP contribution in [0.2, 0.25) is 0 Å². The van der Waals surface area contributed by atoms with Gasteiger partial charge in [-0.1, -0.05) is 56.3 Å². The van der Waals surface area contributed by atoms with Crippen LogP contribution in [0, 0.1) is 25.7 Å². The molecule has 0 saturated carbocycles. The smallest absolute Gasteiger partial charge is 0.0673 e. The van der Waals surface area contributed by atoms with Crippen molar-refractivity contribution >= 4 is 11.6 Å². The fourth-order valence-electron chi connectivity index (χ4n) is 3.38. The lowest BCUT2D eigenvalue weighted by Gasteiger charge is -2.22. The predicted octanol–water partition coefficient (Wildman–Crippen LogP) is 4.30. The number of aryl methyl sites for hydroxylation is 2. The molecule has 0 spiro atoms. The lowest BCUT2D eigenvalue weighted by atomic mass is 9.83. The standard InChI is InChI=1S/C23H27N/c1-16(2)8-7-10-20-13-12-19-9-5-6-11-21(19)23(20)22-14-17(3)18(4)15-24-22/h5-9,11-12,14-16,20H,10,13H2,1-4H3. The minimum atomic E-state index is 0.504. The van der Waals surface area contributed by atoms with Crippen LogP contribution in [0.4, 0.5) is 0 Å². The van der Waals surface area contributed by atoms with E-state index in [9.17, 15) is 0 Å². The molecule has 0 radical (unpaired) electrons. The Kier molecular flexibility index (Phi) is 4.99. The van der Waals surface area contributed by atoms with Gasteiger partial charge >= 0.3 is 0 Å². The maximum Gasteiger partial charge on any atom is 0.0673 e. The Bertz CT molecular complexity index is 871. The Hall–Kier alpha value is -2.15. The Morgan fingerprint density at radius 1 is 1.17 bits per heavy atom. The molecule has 0 aliphatic heterocycles. The molecule has 0 amide bonds. The quantitative estimate of drug-likeness (QED) is 0.766. The number of pyridine rings is 1. The second-order valence-corrected chi connectivity index (χ2v) is 7.20. The van der Waals surface area contributed by atoms with Crippen LogP contribution >= 0.6 is 0 Å². The van der Waals surface area contributed by atoms with Crippen LogP contribution in [0.5, 0.6) is 0 Å². The average molecular weight is 317 g/mol. The van der Waals surface area contributed by atoms with E-state index in [0.717, 1.165) is 18.5 Å². The largest absolute Gasteiger partial charge is 0.256 e. The molecule has 1 aromatic carbocycles. The summed E-state index contributed by atoms with van der Waals surface area (Å²) in [5, 5.41) is 2.69. The van der Waals surface area contributed by atoms with Crippen molar-refractivity contribution in [2.24, 2.45) is 11.8 Å². The molecule has 0 N–H and O–H groups in total. The molecule has 3 rings (SSSR count). The average Bonchev–Trinajstić information content (AvgIpc) is 2.57. The summed E-state index contributed by atoms with van der Waals surface area (Å²) < 4.78 is 0. The Balaban J connectivity index is 2.12. The molecule has 1 heterocycles. The first-order valence-corrected chi connectivity index (χ1v) is 8.96. The second kappa shape index (κ2) is 7.17. The Morgan fingerprint density at radius 3 is 2.71 bits per heavy atom. The zero-order valence-corrected chi connectivity index (χ0v) is 15.2. The van der Waals surface area contributed by atoms with E-state index in [2.05, 4.69) is 76.3 Å². The maximum absolute atomic E-state index is 4.78. The predicted molar refractivity (Wildman–Crippen MR) is 103 cm³/mol. The SMILES string of the molecule is Cc1cnc(C2=c3ccccc3=CCC2CC=CC(C)C)cc1C.